The molecule has 2 heterocycles. The van der Waals surface area contributed by atoms with Gasteiger partial charge in [0.25, 0.3) is 5.91 Å². The van der Waals surface area contributed by atoms with Crippen LogP contribution in [-0.4, -0.2) is 61.1 Å². The highest BCUT2D eigenvalue weighted by atomic mass is 35.5. The molecule has 0 saturated heterocycles. The van der Waals surface area contributed by atoms with Crippen molar-refractivity contribution in [1.29, 1.82) is 0 Å². The second kappa shape index (κ2) is 9.27. The van der Waals surface area contributed by atoms with Crippen molar-refractivity contribution in [2.45, 2.75) is 13.0 Å². The lowest BCUT2D eigenvalue weighted by Gasteiger charge is -2.31. The van der Waals surface area contributed by atoms with Gasteiger partial charge in [0, 0.05) is 32.4 Å². The van der Waals surface area contributed by atoms with Crippen LogP contribution in [0.4, 0.5) is 11.4 Å². The Labute approximate surface area is 173 Å². The summed E-state index contributed by atoms with van der Waals surface area (Å²) in [5.74, 6) is 0.756. The number of hydrazone groups is 1. The van der Waals surface area contributed by atoms with Gasteiger partial charge in [0.1, 0.15) is 5.84 Å². The summed E-state index contributed by atoms with van der Waals surface area (Å²) in [6, 6.07) is 11.3. The Bertz CT molecular complexity index is 839. The molecule has 0 unspecified atom stereocenters. The Kier molecular flexibility index (Phi) is 6.77. The van der Waals surface area contributed by atoms with Crippen molar-refractivity contribution >= 4 is 46.1 Å². The van der Waals surface area contributed by atoms with E-state index in [4.69, 9.17) is 11.6 Å². The lowest BCUT2D eigenvalue weighted by atomic mass is 10.2. The molecule has 9 heteroatoms. The summed E-state index contributed by atoms with van der Waals surface area (Å²) in [6.07, 6.45) is -0.705. The minimum Gasteiger partial charge on any atom is -0.389 e. The Morgan fingerprint density at radius 1 is 1.25 bits per heavy atom. The van der Waals surface area contributed by atoms with E-state index < -0.39 is 6.10 Å². The molecule has 1 aromatic carbocycles. The van der Waals surface area contributed by atoms with Gasteiger partial charge in [-0.1, -0.05) is 11.6 Å². The lowest BCUT2D eigenvalue weighted by molar-refractivity contribution is 0.0926. The highest BCUT2D eigenvalue weighted by Gasteiger charge is 2.15. The SMILES string of the molecule is CC1=NN(c2ccc(NC[C@@H](O)CNC(=O)c3ccc(Cl)s3)cc2)CCN1C. The Morgan fingerprint density at radius 2 is 2.00 bits per heavy atom. The van der Waals surface area contributed by atoms with E-state index in [1.54, 1.807) is 12.1 Å². The molecule has 3 rings (SSSR count). The van der Waals surface area contributed by atoms with Gasteiger partial charge < -0.3 is 20.6 Å². The van der Waals surface area contributed by atoms with Crippen LogP contribution in [-0.2, 0) is 0 Å². The number of amidine groups is 1. The average Bonchev–Trinajstić information content (AvgIpc) is 3.13. The fourth-order valence-electron chi connectivity index (χ4n) is 2.69. The van der Waals surface area contributed by atoms with E-state index in [-0.39, 0.29) is 12.5 Å². The third-order valence-electron chi connectivity index (χ3n) is 4.47. The predicted octanol–water partition coefficient (Wildman–Crippen LogP) is 2.69. The molecule has 7 nitrogen and oxygen atoms in total. The number of amides is 1. The van der Waals surface area contributed by atoms with Gasteiger partial charge in [0.05, 0.1) is 27.5 Å². The molecule has 0 bridgehead atoms. The number of thiophene rings is 1. The summed E-state index contributed by atoms with van der Waals surface area (Å²) in [6.45, 7) is 4.26. The first-order valence-electron chi connectivity index (χ1n) is 9.02. The van der Waals surface area contributed by atoms with Crippen molar-refractivity contribution in [3.05, 3.63) is 45.6 Å². The Morgan fingerprint density at radius 3 is 2.64 bits per heavy atom. The van der Waals surface area contributed by atoms with Crippen molar-refractivity contribution in [3.8, 4) is 0 Å². The zero-order chi connectivity index (χ0) is 20.1. The van der Waals surface area contributed by atoms with E-state index in [1.165, 1.54) is 11.3 Å². The van der Waals surface area contributed by atoms with Crippen LogP contribution in [0.3, 0.4) is 0 Å². The molecule has 2 aromatic rings. The van der Waals surface area contributed by atoms with Gasteiger partial charge in [-0.15, -0.1) is 11.3 Å². The third-order valence-corrected chi connectivity index (χ3v) is 5.70. The number of hydrogen-bond acceptors (Lipinski definition) is 7. The summed E-state index contributed by atoms with van der Waals surface area (Å²) in [7, 11) is 2.03. The van der Waals surface area contributed by atoms with Crippen LogP contribution in [0.25, 0.3) is 0 Å². The maximum absolute atomic E-state index is 12.0. The quantitative estimate of drug-likeness (QED) is 0.640. The van der Waals surface area contributed by atoms with E-state index >= 15 is 0 Å². The molecular weight excluding hydrogens is 398 g/mol. The molecule has 1 aliphatic heterocycles. The molecule has 28 heavy (non-hydrogen) atoms. The fraction of sp³-hybridized carbons (Fsp3) is 0.368. The number of aliphatic hydroxyl groups excluding tert-OH is 1. The molecule has 0 aliphatic carbocycles. The Balaban J connectivity index is 1.45. The van der Waals surface area contributed by atoms with Gasteiger partial charge in [-0.3, -0.25) is 9.80 Å². The van der Waals surface area contributed by atoms with E-state index in [2.05, 4.69) is 20.6 Å². The van der Waals surface area contributed by atoms with Gasteiger partial charge in [-0.05, 0) is 43.3 Å². The van der Waals surface area contributed by atoms with Crippen LogP contribution in [0, 0.1) is 0 Å². The topological polar surface area (TPSA) is 80.2 Å². The molecule has 1 aromatic heterocycles. The lowest BCUT2D eigenvalue weighted by Crippen LogP contribution is -2.40. The molecule has 1 aliphatic rings. The first-order valence-corrected chi connectivity index (χ1v) is 10.2. The fourth-order valence-corrected chi connectivity index (χ4v) is 3.65. The standard InChI is InChI=1S/C19H24ClN5O2S/c1-13-23-25(10-9-24(13)2)15-5-3-14(4-6-15)21-11-16(26)12-22-19(27)17-7-8-18(20)28-17/h3-8,16,21,26H,9-12H2,1-2H3,(H,22,27)/t16-/m1/s1. The van der Waals surface area contributed by atoms with Crippen LogP contribution < -0.4 is 15.6 Å². The number of anilines is 2. The number of halogens is 1. The van der Waals surface area contributed by atoms with Crippen molar-refractivity contribution in [2.75, 3.05) is 43.6 Å². The number of aliphatic hydroxyl groups is 1. The van der Waals surface area contributed by atoms with Crippen molar-refractivity contribution in [3.63, 3.8) is 0 Å². The minimum atomic E-state index is -0.705. The summed E-state index contributed by atoms with van der Waals surface area (Å²) < 4.78 is 0.563. The molecule has 1 amide bonds. The number of likely N-dealkylation sites (N-methyl/N-ethyl adjacent to an activating group) is 1. The highest BCUT2D eigenvalue weighted by molar-refractivity contribution is 7.17. The van der Waals surface area contributed by atoms with Gasteiger partial charge >= 0.3 is 0 Å². The molecule has 0 spiro atoms. The average molecular weight is 422 g/mol. The van der Waals surface area contributed by atoms with Crippen molar-refractivity contribution < 1.29 is 9.90 Å². The van der Waals surface area contributed by atoms with Crippen molar-refractivity contribution in [1.82, 2.24) is 10.2 Å². The number of nitrogens with one attached hydrogen (secondary N) is 2. The zero-order valence-electron chi connectivity index (χ0n) is 15.9. The summed E-state index contributed by atoms with van der Waals surface area (Å²) in [5, 5.41) is 22.5. The minimum absolute atomic E-state index is 0.161. The first kappa shape index (κ1) is 20.4. The first-order chi connectivity index (χ1) is 13.4. The zero-order valence-corrected chi connectivity index (χ0v) is 17.4. The van der Waals surface area contributed by atoms with Crippen LogP contribution in [0.1, 0.15) is 16.6 Å². The number of benzene rings is 1. The normalized spacial score (nSPS) is 15.2. The number of carbonyl (C=O) groups excluding carboxylic acids is 1. The van der Waals surface area contributed by atoms with Gasteiger partial charge in [0.15, 0.2) is 0 Å². The number of carbonyl (C=O) groups is 1. The van der Waals surface area contributed by atoms with Crippen molar-refractivity contribution in [2.24, 2.45) is 5.10 Å². The third kappa shape index (κ3) is 5.37. The number of hydrogen-bond donors (Lipinski definition) is 3. The van der Waals surface area contributed by atoms with E-state index in [0.29, 0.717) is 15.8 Å². The molecule has 0 radical (unpaired) electrons. The molecule has 1 atom stereocenters. The monoisotopic (exact) mass is 421 g/mol. The molecule has 150 valence electrons. The van der Waals surface area contributed by atoms with Gasteiger partial charge in [-0.2, -0.15) is 5.10 Å². The summed E-state index contributed by atoms with van der Waals surface area (Å²) in [4.78, 5) is 14.6. The van der Waals surface area contributed by atoms with Crippen LogP contribution in [0.2, 0.25) is 4.34 Å². The molecule has 0 saturated carbocycles. The van der Waals surface area contributed by atoms with Gasteiger partial charge in [-0.25, -0.2) is 0 Å². The van der Waals surface area contributed by atoms with Crippen LogP contribution in [0.5, 0.6) is 0 Å². The van der Waals surface area contributed by atoms with E-state index in [0.717, 1.165) is 30.3 Å². The number of rotatable bonds is 7. The molecular formula is C19H24ClN5O2S. The van der Waals surface area contributed by atoms with Gasteiger partial charge in [0.2, 0.25) is 0 Å². The smallest absolute Gasteiger partial charge is 0.261 e. The van der Waals surface area contributed by atoms with E-state index in [9.17, 15) is 9.90 Å². The second-order valence-corrected chi connectivity index (χ2v) is 8.30. The van der Waals surface area contributed by atoms with E-state index in [1.807, 2.05) is 43.2 Å². The number of nitrogens with zero attached hydrogens (tertiary/aromatic N) is 3. The van der Waals surface area contributed by atoms with Crippen LogP contribution >= 0.6 is 22.9 Å². The Hall–Kier alpha value is -2.29. The highest BCUT2D eigenvalue weighted by Crippen LogP contribution is 2.21. The van der Waals surface area contributed by atoms with Crippen LogP contribution in [0.15, 0.2) is 41.5 Å². The largest absolute Gasteiger partial charge is 0.389 e. The maximum atomic E-state index is 12.0. The summed E-state index contributed by atoms with van der Waals surface area (Å²) in [5.41, 5.74) is 1.93. The molecule has 0 fully saturated rings. The summed E-state index contributed by atoms with van der Waals surface area (Å²) >= 11 is 7.04. The maximum Gasteiger partial charge on any atom is 0.261 e. The predicted molar refractivity (Wildman–Crippen MR) is 116 cm³/mol. The molecule has 3 N–H and O–H groups in total. The second-order valence-electron chi connectivity index (χ2n) is 6.59.